The third kappa shape index (κ3) is 5.47. The first-order valence-electron chi connectivity index (χ1n) is 12.0. The first-order chi connectivity index (χ1) is 17.5. The summed E-state index contributed by atoms with van der Waals surface area (Å²) in [7, 11) is 0. The quantitative estimate of drug-likeness (QED) is 0.289. The number of nitrogens with zero attached hydrogens (tertiary/aromatic N) is 1. The number of halogens is 3. The van der Waals surface area contributed by atoms with Crippen LogP contribution in [0.1, 0.15) is 50.3 Å². The van der Waals surface area contributed by atoms with Gasteiger partial charge in [0.05, 0.1) is 12.1 Å². The lowest BCUT2D eigenvalue weighted by Gasteiger charge is -2.29. The largest absolute Gasteiger partial charge is 0.456 e. The van der Waals surface area contributed by atoms with E-state index in [1.807, 2.05) is 19.9 Å². The summed E-state index contributed by atoms with van der Waals surface area (Å²) in [5, 5.41) is 23.2. The van der Waals surface area contributed by atoms with Crippen LogP contribution in [0.15, 0.2) is 47.0 Å². The van der Waals surface area contributed by atoms with Crippen molar-refractivity contribution in [1.82, 2.24) is 10.6 Å². The summed E-state index contributed by atoms with van der Waals surface area (Å²) in [6, 6.07) is 8.21. The highest BCUT2D eigenvalue weighted by atomic mass is 19.4. The van der Waals surface area contributed by atoms with Crippen molar-refractivity contribution in [3.63, 3.8) is 0 Å². The molecule has 4 rings (SSSR count). The molecule has 1 aliphatic carbocycles. The number of rotatable bonds is 9. The number of amides is 1. The molecule has 3 aromatic rings. The predicted octanol–water partition coefficient (Wildman–Crippen LogP) is 5.32. The number of hydrogen-bond donors (Lipinski definition) is 4. The number of nitrogens with two attached hydrogens (primary N) is 1. The predicted molar refractivity (Wildman–Crippen MR) is 136 cm³/mol. The molecule has 1 heterocycles. The van der Waals surface area contributed by atoms with Crippen molar-refractivity contribution in [2.45, 2.75) is 56.9 Å². The molecule has 1 saturated carbocycles. The number of furan rings is 1. The van der Waals surface area contributed by atoms with Crippen LogP contribution in [0.2, 0.25) is 0 Å². The standard InChI is InChI=1S/C27H28F3N5O2/c1-15(2)9-21(25(36)35-26(14-33)7-8-26)34-24(27(28,29)30)17-3-5-19-20-10-16(18(12-31)13-32)4-6-22(20)37-23(19)11-17/h3-6,10-13,15,21,24,31,34H,7-9,32H2,1-2H3,(H,35,36)/b18-13+,31-12?. The number of fused-ring (bicyclic) bond motifs is 3. The number of alkyl halides is 3. The van der Waals surface area contributed by atoms with Crippen LogP contribution >= 0.6 is 0 Å². The number of nitrogens with one attached hydrogen (secondary N) is 3. The second kappa shape index (κ2) is 9.90. The molecule has 0 saturated heterocycles. The Hall–Kier alpha value is -3.84. The van der Waals surface area contributed by atoms with Gasteiger partial charge in [-0.05, 0) is 54.5 Å². The van der Waals surface area contributed by atoms with Gasteiger partial charge in [0.1, 0.15) is 22.7 Å². The van der Waals surface area contributed by atoms with Crippen LogP contribution in [0.3, 0.4) is 0 Å². The smallest absolute Gasteiger partial charge is 0.407 e. The zero-order valence-electron chi connectivity index (χ0n) is 20.4. The molecule has 1 amide bonds. The molecular formula is C27H28F3N5O2. The topological polar surface area (TPSA) is 128 Å². The normalized spacial score (nSPS) is 16.9. The Balaban J connectivity index is 1.70. The van der Waals surface area contributed by atoms with Crippen molar-refractivity contribution in [3.8, 4) is 6.07 Å². The van der Waals surface area contributed by atoms with Gasteiger partial charge in [0, 0.05) is 28.8 Å². The highest BCUT2D eigenvalue weighted by Gasteiger charge is 2.47. The van der Waals surface area contributed by atoms with E-state index < -0.39 is 29.7 Å². The minimum Gasteiger partial charge on any atom is -0.456 e. The highest BCUT2D eigenvalue weighted by molar-refractivity contribution is 6.11. The van der Waals surface area contributed by atoms with E-state index in [1.165, 1.54) is 18.3 Å². The molecule has 7 nitrogen and oxygen atoms in total. The minimum atomic E-state index is -4.69. The van der Waals surface area contributed by atoms with Gasteiger partial charge in [-0.2, -0.15) is 18.4 Å². The van der Waals surface area contributed by atoms with E-state index in [-0.39, 0.29) is 23.5 Å². The monoisotopic (exact) mass is 511 g/mol. The number of hydrogen-bond acceptors (Lipinski definition) is 6. The van der Waals surface area contributed by atoms with Gasteiger partial charge in [0.25, 0.3) is 0 Å². The van der Waals surface area contributed by atoms with Crippen LogP contribution in [-0.2, 0) is 4.79 Å². The van der Waals surface area contributed by atoms with E-state index in [0.29, 0.717) is 40.3 Å². The average Bonchev–Trinajstić information content (AvgIpc) is 3.52. The summed E-state index contributed by atoms with van der Waals surface area (Å²) in [4.78, 5) is 12.9. The first kappa shape index (κ1) is 26.2. The zero-order chi connectivity index (χ0) is 27.0. The van der Waals surface area contributed by atoms with Crippen molar-refractivity contribution in [2.75, 3.05) is 0 Å². The molecule has 5 N–H and O–H groups in total. The third-order valence-electron chi connectivity index (χ3n) is 6.54. The minimum absolute atomic E-state index is 0.0603. The van der Waals surface area contributed by atoms with Crippen LogP contribution in [0.25, 0.3) is 27.5 Å². The molecule has 0 spiro atoms. The lowest BCUT2D eigenvalue weighted by atomic mass is 9.98. The van der Waals surface area contributed by atoms with E-state index in [9.17, 15) is 23.2 Å². The molecule has 0 aliphatic heterocycles. The molecule has 1 aromatic heterocycles. The van der Waals surface area contributed by atoms with Gasteiger partial charge < -0.3 is 20.9 Å². The van der Waals surface area contributed by atoms with Crippen molar-refractivity contribution >= 4 is 39.6 Å². The fourth-order valence-corrected chi connectivity index (χ4v) is 4.40. The second-order valence-electron chi connectivity index (χ2n) is 9.84. The zero-order valence-corrected chi connectivity index (χ0v) is 20.4. The molecule has 0 bridgehead atoms. The number of nitriles is 1. The van der Waals surface area contributed by atoms with E-state index in [2.05, 4.69) is 10.6 Å². The van der Waals surface area contributed by atoms with Gasteiger partial charge in [-0.3, -0.25) is 10.1 Å². The van der Waals surface area contributed by atoms with Gasteiger partial charge in [0.15, 0.2) is 0 Å². The Labute approximate surface area is 212 Å². The maximum Gasteiger partial charge on any atom is 0.407 e. The summed E-state index contributed by atoms with van der Waals surface area (Å²) >= 11 is 0. The van der Waals surface area contributed by atoms with Crippen LogP contribution in [0.4, 0.5) is 13.2 Å². The van der Waals surface area contributed by atoms with Crippen LogP contribution < -0.4 is 16.4 Å². The van der Waals surface area contributed by atoms with Gasteiger partial charge in [-0.15, -0.1) is 0 Å². The first-order valence-corrected chi connectivity index (χ1v) is 12.0. The fourth-order valence-electron chi connectivity index (χ4n) is 4.40. The van der Waals surface area contributed by atoms with Gasteiger partial charge in [-0.1, -0.05) is 32.0 Å². The van der Waals surface area contributed by atoms with Crippen LogP contribution in [0.5, 0.6) is 0 Å². The van der Waals surface area contributed by atoms with Gasteiger partial charge in [-0.25, -0.2) is 0 Å². The molecule has 2 atom stereocenters. The van der Waals surface area contributed by atoms with Crippen molar-refractivity contribution in [3.05, 3.63) is 53.7 Å². The number of allylic oxidation sites excluding steroid dienone is 1. The van der Waals surface area contributed by atoms with Gasteiger partial charge in [0.2, 0.25) is 5.91 Å². The Bertz CT molecular complexity index is 1410. The van der Waals surface area contributed by atoms with Crippen LogP contribution in [0, 0.1) is 22.7 Å². The van der Waals surface area contributed by atoms with Crippen molar-refractivity contribution < 1.29 is 22.4 Å². The summed E-state index contributed by atoms with van der Waals surface area (Å²) in [5.74, 6) is -0.677. The molecular weight excluding hydrogens is 483 g/mol. The molecule has 2 unspecified atom stereocenters. The van der Waals surface area contributed by atoms with Crippen LogP contribution in [-0.4, -0.2) is 29.9 Å². The Morgan fingerprint density at radius 1 is 1.22 bits per heavy atom. The SMILES string of the molecule is CC(C)CC(NC(c1ccc2c(c1)oc1ccc(/C(C=N)=C/N)cc12)C(F)(F)F)C(=O)NC1(C#N)CC1. The third-order valence-corrected chi connectivity index (χ3v) is 6.54. The Morgan fingerprint density at radius 3 is 2.51 bits per heavy atom. The van der Waals surface area contributed by atoms with Crippen molar-refractivity contribution in [1.29, 1.82) is 10.7 Å². The molecule has 10 heteroatoms. The Kier molecular flexibility index (Phi) is 7.02. The van der Waals surface area contributed by atoms with E-state index >= 15 is 0 Å². The molecule has 1 aliphatic rings. The summed E-state index contributed by atoms with van der Waals surface area (Å²) in [6.07, 6.45) is -1.14. The second-order valence-corrected chi connectivity index (χ2v) is 9.84. The lowest BCUT2D eigenvalue weighted by Crippen LogP contribution is -2.52. The molecule has 2 aromatic carbocycles. The number of benzene rings is 2. The van der Waals surface area contributed by atoms with E-state index in [0.717, 1.165) is 6.21 Å². The number of carbonyl (C=O) groups is 1. The number of carbonyl (C=O) groups excluding carboxylic acids is 1. The lowest BCUT2D eigenvalue weighted by molar-refractivity contribution is -0.161. The highest BCUT2D eigenvalue weighted by Crippen LogP contribution is 2.38. The summed E-state index contributed by atoms with van der Waals surface area (Å²) < 4.78 is 48.7. The van der Waals surface area contributed by atoms with E-state index in [4.69, 9.17) is 15.6 Å². The van der Waals surface area contributed by atoms with Crippen molar-refractivity contribution in [2.24, 2.45) is 11.7 Å². The fraction of sp³-hybridized carbons (Fsp3) is 0.370. The summed E-state index contributed by atoms with van der Waals surface area (Å²) in [5.41, 5.74) is 6.43. The summed E-state index contributed by atoms with van der Waals surface area (Å²) in [6.45, 7) is 3.64. The molecule has 0 radical (unpaired) electrons. The van der Waals surface area contributed by atoms with Gasteiger partial charge >= 0.3 is 6.18 Å². The molecule has 1 fully saturated rings. The molecule has 194 valence electrons. The maximum atomic E-state index is 14.3. The maximum absolute atomic E-state index is 14.3. The van der Waals surface area contributed by atoms with E-state index in [1.54, 1.807) is 24.3 Å². The Morgan fingerprint density at radius 2 is 1.95 bits per heavy atom. The average molecular weight is 512 g/mol. The molecule has 37 heavy (non-hydrogen) atoms.